The highest BCUT2D eigenvalue weighted by Gasteiger charge is 2.19. The maximum Gasteiger partial charge on any atom is 0.306 e. The molecule has 0 bridgehead atoms. The molecule has 0 rings (SSSR count). The molecule has 0 saturated carbocycles. The van der Waals surface area contributed by atoms with Gasteiger partial charge in [-0.1, -0.05) is 296 Å². The van der Waals surface area contributed by atoms with Crippen LogP contribution in [0.4, 0.5) is 0 Å². The minimum Gasteiger partial charge on any atom is -0.462 e. The van der Waals surface area contributed by atoms with E-state index in [1.54, 1.807) is 0 Å². The van der Waals surface area contributed by atoms with Crippen LogP contribution in [0, 0.1) is 0 Å². The van der Waals surface area contributed by atoms with Gasteiger partial charge >= 0.3 is 17.9 Å². The van der Waals surface area contributed by atoms with E-state index in [1.807, 2.05) is 0 Å². The van der Waals surface area contributed by atoms with E-state index in [4.69, 9.17) is 14.2 Å². The molecule has 0 spiro atoms. The van der Waals surface area contributed by atoms with E-state index >= 15 is 0 Å². The molecule has 0 aliphatic rings. The fourth-order valence-corrected chi connectivity index (χ4v) is 9.38. The molecule has 81 heavy (non-hydrogen) atoms. The largest absolute Gasteiger partial charge is 0.462 e. The molecular formula is C75H126O6. The summed E-state index contributed by atoms with van der Waals surface area (Å²) in [7, 11) is 0. The van der Waals surface area contributed by atoms with Crippen LogP contribution in [0.3, 0.4) is 0 Å². The molecule has 1 atom stereocenters. The Bertz CT molecular complexity index is 1670. The highest BCUT2D eigenvalue weighted by molar-refractivity contribution is 5.71. The van der Waals surface area contributed by atoms with Crippen LogP contribution in [0.15, 0.2) is 122 Å². The molecule has 6 nitrogen and oxygen atoms in total. The Morgan fingerprint density at radius 2 is 0.481 bits per heavy atom. The molecule has 0 fully saturated rings. The first kappa shape index (κ1) is 76.8. The Kier molecular flexibility index (Phi) is 64.8. The summed E-state index contributed by atoms with van der Waals surface area (Å²) in [5.74, 6) is -0.896. The number of carbonyl (C=O) groups excluding carboxylic acids is 3. The van der Waals surface area contributed by atoms with Crippen LogP contribution in [0.1, 0.15) is 316 Å². The van der Waals surface area contributed by atoms with Crippen molar-refractivity contribution in [2.24, 2.45) is 0 Å². The van der Waals surface area contributed by atoms with E-state index in [-0.39, 0.29) is 31.1 Å². The maximum atomic E-state index is 12.9. The fourth-order valence-electron chi connectivity index (χ4n) is 9.38. The summed E-state index contributed by atoms with van der Waals surface area (Å²) in [4.78, 5) is 38.3. The summed E-state index contributed by atoms with van der Waals surface area (Å²) < 4.78 is 16.9. The Balaban J connectivity index is 4.14. The van der Waals surface area contributed by atoms with Crippen molar-refractivity contribution in [2.45, 2.75) is 322 Å². The summed E-state index contributed by atoms with van der Waals surface area (Å²) in [5, 5.41) is 0. The third-order valence-electron chi connectivity index (χ3n) is 14.4. The Morgan fingerprint density at radius 1 is 0.259 bits per heavy atom. The summed E-state index contributed by atoms with van der Waals surface area (Å²) in [6.45, 7) is 6.38. The molecule has 1 unspecified atom stereocenters. The Morgan fingerprint density at radius 3 is 0.765 bits per heavy atom. The molecule has 0 aromatic rings. The van der Waals surface area contributed by atoms with Crippen molar-refractivity contribution in [3.8, 4) is 0 Å². The average Bonchev–Trinajstić information content (AvgIpc) is 3.47. The highest BCUT2D eigenvalue weighted by Crippen LogP contribution is 2.17. The lowest BCUT2D eigenvalue weighted by Gasteiger charge is -2.18. The van der Waals surface area contributed by atoms with Gasteiger partial charge in [-0.05, 0) is 122 Å². The first-order chi connectivity index (χ1) is 40.0. The molecule has 0 N–H and O–H groups in total. The number of hydrogen-bond donors (Lipinski definition) is 0. The van der Waals surface area contributed by atoms with E-state index in [1.165, 1.54) is 148 Å². The van der Waals surface area contributed by atoms with Gasteiger partial charge in [0.25, 0.3) is 0 Å². The van der Waals surface area contributed by atoms with Crippen molar-refractivity contribution in [1.82, 2.24) is 0 Å². The van der Waals surface area contributed by atoms with Crippen molar-refractivity contribution < 1.29 is 28.6 Å². The molecule has 0 aromatic heterocycles. The Hall–Kier alpha value is -4.19. The first-order valence-electron chi connectivity index (χ1n) is 34.0. The zero-order valence-corrected chi connectivity index (χ0v) is 53.0. The van der Waals surface area contributed by atoms with Crippen molar-refractivity contribution in [3.63, 3.8) is 0 Å². The molecule has 6 heteroatoms. The number of ether oxygens (including phenoxy) is 3. The fraction of sp³-hybridized carbons (Fsp3) is 0.693. The molecule has 0 aromatic carbocycles. The lowest BCUT2D eigenvalue weighted by molar-refractivity contribution is -0.167. The van der Waals surface area contributed by atoms with Crippen LogP contribution in [-0.4, -0.2) is 37.2 Å². The van der Waals surface area contributed by atoms with E-state index in [0.717, 1.165) is 128 Å². The smallest absolute Gasteiger partial charge is 0.306 e. The quantitative estimate of drug-likeness (QED) is 0.0261. The van der Waals surface area contributed by atoms with Crippen LogP contribution < -0.4 is 0 Å². The van der Waals surface area contributed by atoms with Crippen molar-refractivity contribution >= 4 is 17.9 Å². The first-order valence-corrected chi connectivity index (χ1v) is 34.0. The summed E-state index contributed by atoms with van der Waals surface area (Å²) >= 11 is 0. The summed E-state index contributed by atoms with van der Waals surface area (Å²) in [5.41, 5.74) is 0. The summed E-state index contributed by atoms with van der Waals surface area (Å²) in [6.07, 6.45) is 95.2. The number of unbranched alkanes of at least 4 members (excludes halogenated alkanes) is 30. The van der Waals surface area contributed by atoms with Gasteiger partial charge in [0.15, 0.2) is 6.10 Å². The van der Waals surface area contributed by atoms with Gasteiger partial charge in [-0.25, -0.2) is 0 Å². The van der Waals surface area contributed by atoms with E-state index < -0.39 is 6.10 Å². The third kappa shape index (κ3) is 66.5. The van der Waals surface area contributed by atoms with Gasteiger partial charge in [-0.2, -0.15) is 0 Å². The molecule has 0 aliphatic heterocycles. The second-order valence-corrected chi connectivity index (χ2v) is 22.3. The van der Waals surface area contributed by atoms with Gasteiger partial charge in [-0.15, -0.1) is 0 Å². The van der Waals surface area contributed by atoms with Crippen LogP contribution in [0.25, 0.3) is 0 Å². The van der Waals surface area contributed by atoms with Gasteiger partial charge in [0.05, 0.1) is 0 Å². The molecule has 0 radical (unpaired) electrons. The molecule has 0 amide bonds. The van der Waals surface area contributed by atoms with Crippen molar-refractivity contribution in [3.05, 3.63) is 122 Å². The number of allylic oxidation sites excluding steroid dienone is 20. The normalized spacial score (nSPS) is 12.9. The maximum absolute atomic E-state index is 12.9. The molecular weight excluding hydrogens is 997 g/mol. The number of esters is 3. The third-order valence-corrected chi connectivity index (χ3v) is 14.4. The molecule has 0 heterocycles. The SMILES string of the molecule is CC/C=C\C/C=C\C/C=C\C/C=C\C/C=C\C/C=C\CCCCCCCCCCCCCCCCCCC(=O)OCC(COC(=O)CCCCCCC/C=C\CCCC)OC(=O)CCCCCCCCC/C=C\C/C=C\C/C=C\CC. The number of hydrogen-bond acceptors (Lipinski definition) is 6. The van der Waals surface area contributed by atoms with Gasteiger partial charge in [0.1, 0.15) is 13.2 Å². The zero-order chi connectivity index (χ0) is 58.5. The number of carbonyl (C=O) groups is 3. The van der Waals surface area contributed by atoms with Crippen LogP contribution in [0.2, 0.25) is 0 Å². The highest BCUT2D eigenvalue weighted by atomic mass is 16.6. The molecule has 462 valence electrons. The summed E-state index contributed by atoms with van der Waals surface area (Å²) in [6, 6.07) is 0. The van der Waals surface area contributed by atoms with Crippen molar-refractivity contribution in [2.75, 3.05) is 13.2 Å². The van der Waals surface area contributed by atoms with Crippen molar-refractivity contribution in [1.29, 1.82) is 0 Å². The standard InChI is InChI=1S/C75H126O6/c1-4-7-10-13-16-19-22-24-26-28-29-30-31-32-33-34-35-36-37-38-39-40-41-42-43-44-45-47-48-50-53-56-59-62-65-68-74(77)80-71-72(70-79-73(76)67-64-61-58-55-52-21-18-15-12-9-6-3)81-75(78)69-66-63-60-57-54-51-49-46-27-25-23-20-17-14-11-8-5-2/h7-8,10-11,15-20,24-27,29-30,32-33,35-36,72H,4-6,9,12-14,21-23,28,31,34,37-71H2,1-3H3/b10-7-,11-8-,18-15-,19-16-,20-17-,26-24-,27-25-,30-29-,33-32-,36-35-. The van der Waals surface area contributed by atoms with Crippen LogP contribution in [-0.2, 0) is 28.6 Å². The topological polar surface area (TPSA) is 78.9 Å². The van der Waals surface area contributed by atoms with Gasteiger partial charge in [-0.3, -0.25) is 14.4 Å². The van der Waals surface area contributed by atoms with Gasteiger partial charge < -0.3 is 14.2 Å². The van der Waals surface area contributed by atoms with Crippen LogP contribution >= 0.6 is 0 Å². The molecule has 0 aliphatic carbocycles. The second kappa shape index (κ2) is 68.3. The minimum atomic E-state index is -0.788. The monoisotopic (exact) mass is 1120 g/mol. The lowest BCUT2D eigenvalue weighted by Crippen LogP contribution is -2.30. The predicted molar refractivity (Wildman–Crippen MR) is 353 cm³/mol. The second-order valence-electron chi connectivity index (χ2n) is 22.3. The zero-order valence-electron chi connectivity index (χ0n) is 53.0. The molecule has 0 saturated heterocycles. The van der Waals surface area contributed by atoms with E-state index in [2.05, 4.69) is 142 Å². The average molecular weight is 1120 g/mol. The van der Waals surface area contributed by atoms with E-state index in [0.29, 0.717) is 19.3 Å². The van der Waals surface area contributed by atoms with Gasteiger partial charge in [0, 0.05) is 19.3 Å². The number of rotatable bonds is 61. The predicted octanol–water partition coefficient (Wildman–Crippen LogP) is 23.6. The van der Waals surface area contributed by atoms with Crippen LogP contribution in [0.5, 0.6) is 0 Å². The van der Waals surface area contributed by atoms with E-state index in [9.17, 15) is 14.4 Å². The lowest BCUT2D eigenvalue weighted by atomic mass is 10.0. The van der Waals surface area contributed by atoms with Gasteiger partial charge in [0.2, 0.25) is 0 Å². The minimum absolute atomic E-state index is 0.0837. The Labute approximate surface area is 501 Å².